The minimum absolute atomic E-state index is 0. The number of likely N-dealkylation sites (N-methyl/N-ethyl adjacent to an activating group) is 2. The Bertz CT molecular complexity index is 712. The first-order valence-corrected chi connectivity index (χ1v) is 10.4. The van der Waals surface area contributed by atoms with Crippen LogP contribution in [0.2, 0.25) is 0 Å². The van der Waals surface area contributed by atoms with E-state index in [1.165, 1.54) is 0 Å². The van der Waals surface area contributed by atoms with E-state index in [1.54, 1.807) is 12.1 Å². The van der Waals surface area contributed by atoms with Gasteiger partial charge in [-0.3, -0.25) is 9.59 Å². The zero-order valence-corrected chi connectivity index (χ0v) is 19.9. The minimum Gasteiger partial charge on any atom is -0.337 e. The third kappa shape index (κ3) is 6.33. The van der Waals surface area contributed by atoms with Crippen molar-refractivity contribution < 1.29 is 9.59 Å². The number of nitrogens with two attached hydrogens (primary N) is 1. The van der Waals surface area contributed by atoms with Gasteiger partial charge in [0, 0.05) is 36.4 Å². The molecular weight excluding hydrogens is 423 g/mol. The average Bonchev–Trinajstić information content (AvgIpc) is 2.67. The first-order valence-electron chi connectivity index (χ1n) is 10.4. The summed E-state index contributed by atoms with van der Waals surface area (Å²) in [6.07, 6.45) is 5.99. The maximum atomic E-state index is 12.8. The highest BCUT2D eigenvalue weighted by atomic mass is 35.5. The van der Waals surface area contributed by atoms with Crippen molar-refractivity contribution in [1.82, 2.24) is 9.80 Å². The Morgan fingerprint density at radius 1 is 1.13 bits per heavy atom. The monoisotopic (exact) mass is 458 g/mol. The molecule has 1 aromatic carbocycles. The van der Waals surface area contributed by atoms with Crippen LogP contribution in [0.25, 0.3) is 0 Å². The van der Waals surface area contributed by atoms with Gasteiger partial charge in [0.2, 0.25) is 5.91 Å². The molecule has 1 aliphatic carbocycles. The summed E-state index contributed by atoms with van der Waals surface area (Å²) in [6.45, 7) is 3.97. The quantitative estimate of drug-likeness (QED) is 0.722. The van der Waals surface area contributed by atoms with E-state index in [9.17, 15) is 9.59 Å². The number of carbonyl (C=O) groups excluding carboxylic acids is 2. The molecule has 2 fully saturated rings. The summed E-state index contributed by atoms with van der Waals surface area (Å²) in [5.74, 6) is -0.164. The van der Waals surface area contributed by atoms with Crippen molar-refractivity contribution in [3.05, 3.63) is 29.8 Å². The smallest absolute Gasteiger partial charge is 0.253 e. The molecule has 1 aromatic rings. The Morgan fingerprint density at radius 2 is 1.80 bits per heavy atom. The Labute approximate surface area is 192 Å². The number of likely N-dealkylation sites (tertiary alicyclic amines) is 1. The van der Waals surface area contributed by atoms with E-state index >= 15 is 0 Å². The van der Waals surface area contributed by atoms with E-state index in [1.807, 2.05) is 31.0 Å². The first-order chi connectivity index (χ1) is 13.3. The van der Waals surface area contributed by atoms with E-state index in [2.05, 4.69) is 17.3 Å². The van der Waals surface area contributed by atoms with E-state index in [0.29, 0.717) is 11.3 Å². The van der Waals surface area contributed by atoms with Gasteiger partial charge in [-0.1, -0.05) is 12.8 Å². The molecule has 0 radical (unpaired) electrons. The van der Waals surface area contributed by atoms with Crippen LogP contribution in [0, 0.1) is 5.92 Å². The molecule has 2 amide bonds. The highest BCUT2D eigenvalue weighted by Gasteiger charge is 2.37. The predicted molar refractivity (Wildman–Crippen MR) is 127 cm³/mol. The average molecular weight is 459 g/mol. The molecule has 1 aliphatic heterocycles. The standard InChI is InChI=1S/C22H34N4O2.2ClH/c1-22(23)13-5-4-8-19(22)20(27)24-17-11-9-16(10-12-17)21(28)26(3)18-7-6-14-25(2)15-18;;/h9-12,18-19H,4-8,13-15,23H2,1-3H3,(H,24,27);2*1H. The topological polar surface area (TPSA) is 78.7 Å². The molecule has 3 unspecified atom stereocenters. The number of hydrogen-bond acceptors (Lipinski definition) is 4. The third-order valence-electron chi connectivity index (χ3n) is 6.44. The summed E-state index contributed by atoms with van der Waals surface area (Å²) in [7, 11) is 3.98. The van der Waals surface area contributed by atoms with Crippen LogP contribution in [0.1, 0.15) is 55.8 Å². The molecule has 0 spiro atoms. The van der Waals surface area contributed by atoms with Crippen LogP contribution < -0.4 is 11.1 Å². The summed E-state index contributed by atoms with van der Waals surface area (Å²) in [5.41, 5.74) is 7.25. The lowest BCUT2D eigenvalue weighted by molar-refractivity contribution is -0.122. The van der Waals surface area contributed by atoms with Crippen LogP contribution in [0.15, 0.2) is 24.3 Å². The fraction of sp³-hybridized carbons (Fsp3) is 0.636. The highest BCUT2D eigenvalue weighted by Crippen LogP contribution is 2.32. The maximum absolute atomic E-state index is 12.8. The first kappa shape index (κ1) is 26.7. The second kappa shape index (κ2) is 11.3. The zero-order valence-electron chi connectivity index (χ0n) is 18.2. The molecule has 0 bridgehead atoms. The zero-order chi connectivity index (χ0) is 20.3. The lowest BCUT2D eigenvalue weighted by Crippen LogP contribution is -2.51. The summed E-state index contributed by atoms with van der Waals surface area (Å²) in [5, 5.41) is 2.98. The maximum Gasteiger partial charge on any atom is 0.253 e. The summed E-state index contributed by atoms with van der Waals surface area (Å²) < 4.78 is 0. The Balaban J connectivity index is 0.00000225. The normalized spacial score (nSPS) is 26.7. The van der Waals surface area contributed by atoms with Crippen molar-refractivity contribution in [3.8, 4) is 0 Å². The van der Waals surface area contributed by atoms with Crippen LogP contribution in [0.3, 0.4) is 0 Å². The number of halogens is 2. The number of hydrogen-bond donors (Lipinski definition) is 2. The molecule has 8 heteroatoms. The van der Waals surface area contributed by atoms with Gasteiger partial charge in [0.25, 0.3) is 5.91 Å². The number of benzene rings is 1. The number of nitrogens with zero attached hydrogens (tertiary/aromatic N) is 2. The number of piperidine rings is 1. The molecule has 3 N–H and O–H groups in total. The van der Waals surface area contributed by atoms with Crippen LogP contribution in [0.4, 0.5) is 5.69 Å². The number of anilines is 1. The molecular formula is C22H36Cl2N4O2. The van der Waals surface area contributed by atoms with Crippen molar-refractivity contribution in [3.63, 3.8) is 0 Å². The number of amides is 2. The van der Waals surface area contributed by atoms with Gasteiger partial charge in [0.1, 0.15) is 0 Å². The molecule has 2 aliphatic rings. The third-order valence-corrected chi connectivity index (χ3v) is 6.44. The van der Waals surface area contributed by atoms with Gasteiger partial charge in [-0.2, -0.15) is 0 Å². The van der Waals surface area contributed by atoms with E-state index in [0.717, 1.165) is 51.6 Å². The van der Waals surface area contributed by atoms with Crippen LogP contribution in [-0.2, 0) is 4.79 Å². The van der Waals surface area contributed by atoms with Gasteiger partial charge in [0.15, 0.2) is 0 Å². The minimum atomic E-state index is -0.450. The van der Waals surface area contributed by atoms with E-state index in [-0.39, 0.29) is 48.6 Å². The Morgan fingerprint density at radius 3 is 2.40 bits per heavy atom. The number of carbonyl (C=O) groups is 2. The predicted octanol–water partition coefficient (Wildman–Crippen LogP) is 3.54. The molecule has 6 nitrogen and oxygen atoms in total. The van der Waals surface area contributed by atoms with Gasteiger partial charge in [0.05, 0.1) is 5.92 Å². The molecule has 1 saturated heterocycles. The number of nitrogens with one attached hydrogen (secondary N) is 1. The number of rotatable bonds is 4. The fourth-order valence-corrected chi connectivity index (χ4v) is 4.54. The second-order valence-electron chi connectivity index (χ2n) is 8.85. The van der Waals surface area contributed by atoms with Gasteiger partial charge >= 0.3 is 0 Å². The van der Waals surface area contributed by atoms with E-state index < -0.39 is 5.54 Å². The van der Waals surface area contributed by atoms with Crippen molar-refractivity contribution >= 4 is 42.3 Å². The van der Waals surface area contributed by atoms with Gasteiger partial charge in [-0.25, -0.2) is 0 Å². The molecule has 30 heavy (non-hydrogen) atoms. The summed E-state index contributed by atoms with van der Waals surface area (Å²) in [4.78, 5) is 29.6. The molecule has 170 valence electrons. The molecule has 1 heterocycles. The van der Waals surface area contributed by atoms with Crippen molar-refractivity contribution in [1.29, 1.82) is 0 Å². The summed E-state index contributed by atoms with van der Waals surface area (Å²) >= 11 is 0. The van der Waals surface area contributed by atoms with Crippen molar-refractivity contribution in [2.75, 3.05) is 32.5 Å². The fourth-order valence-electron chi connectivity index (χ4n) is 4.54. The van der Waals surface area contributed by atoms with Crippen LogP contribution >= 0.6 is 24.8 Å². The van der Waals surface area contributed by atoms with Crippen LogP contribution in [-0.4, -0.2) is 60.4 Å². The molecule has 0 aromatic heterocycles. The lowest BCUT2D eigenvalue weighted by Gasteiger charge is -2.37. The van der Waals surface area contributed by atoms with Crippen LogP contribution in [0.5, 0.6) is 0 Å². The molecule has 3 atom stereocenters. The SMILES string of the molecule is CN1CCCC(N(C)C(=O)c2ccc(NC(=O)C3CCCCC3(C)N)cc2)C1.Cl.Cl. The Hall–Kier alpha value is -1.34. The second-order valence-corrected chi connectivity index (χ2v) is 8.85. The Kier molecular flexibility index (Phi) is 10.1. The van der Waals surface area contributed by atoms with Gasteiger partial charge in [-0.05, 0) is 70.5 Å². The van der Waals surface area contributed by atoms with Gasteiger partial charge < -0.3 is 20.9 Å². The largest absolute Gasteiger partial charge is 0.337 e. The summed E-state index contributed by atoms with van der Waals surface area (Å²) in [6, 6.07) is 7.46. The molecule has 1 saturated carbocycles. The highest BCUT2D eigenvalue weighted by molar-refractivity contribution is 5.96. The van der Waals surface area contributed by atoms with Crippen molar-refractivity contribution in [2.45, 2.75) is 57.0 Å². The lowest BCUT2D eigenvalue weighted by atomic mass is 9.74. The van der Waals surface area contributed by atoms with Gasteiger partial charge in [-0.15, -0.1) is 24.8 Å². The van der Waals surface area contributed by atoms with E-state index in [4.69, 9.17) is 5.73 Å². The van der Waals surface area contributed by atoms with Crippen molar-refractivity contribution in [2.24, 2.45) is 11.7 Å². The molecule has 3 rings (SSSR count).